The Bertz CT molecular complexity index is 586. The van der Waals surface area contributed by atoms with Crippen molar-refractivity contribution in [2.24, 2.45) is 0 Å². The van der Waals surface area contributed by atoms with Gasteiger partial charge >= 0.3 is 0 Å². The maximum Gasteiger partial charge on any atom is 0.0816 e. The molecule has 0 bridgehead atoms. The SMILES string of the molecule is CC(=N)C(=N)c1ccc(C2=CCC(C)=C(C)C2)cc1. The molecule has 1 aliphatic carbocycles. The molecule has 0 amide bonds. The minimum absolute atomic E-state index is 0.302. The van der Waals surface area contributed by atoms with Crippen LogP contribution in [-0.4, -0.2) is 11.4 Å². The first-order valence-corrected chi connectivity index (χ1v) is 6.58. The second-order valence-corrected chi connectivity index (χ2v) is 5.25. The summed E-state index contributed by atoms with van der Waals surface area (Å²) in [5.74, 6) is 0. The average molecular weight is 252 g/mol. The summed E-state index contributed by atoms with van der Waals surface area (Å²) in [5, 5.41) is 15.3. The van der Waals surface area contributed by atoms with E-state index in [9.17, 15) is 0 Å². The van der Waals surface area contributed by atoms with E-state index < -0.39 is 0 Å². The first-order valence-electron chi connectivity index (χ1n) is 6.58. The molecule has 0 aliphatic heterocycles. The molecule has 2 heteroatoms. The van der Waals surface area contributed by atoms with Crippen LogP contribution in [0.3, 0.4) is 0 Å². The molecule has 0 fully saturated rings. The highest BCUT2D eigenvalue weighted by molar-refractivity contribution is 6.45. The molecule has 0 unspecified atom stereocenters. The first kappa shape index (κ1) is 13.5. The summed E-state index contributed by atoms with van der Waals surface area (Å²) in [6, 6.07) is 8.01. The van der Waals surface area contributed by atoms with Crippen molar-refractivity contribution in [1.82, 2.24) is 0 Å². The molecular formula is C17H20N2. The Morgan fingerprint density at radius 1 is 1.00 bits per heavy atom. The molecule has 1 aromatic rings. The van der Waals surface area contributed by atoms with Gasteiger partial charge in [-0.2, -0.15) is 0 Å². The molecule has 0 aromatic heterocycles. The summed E-state index contributed by atoms with van der Waals surface area (Å²) in [6.07, 6.45) is 4.36. The van der Waals surface area contributed by atoms with E-state index in [0.29, 0.717) is 11.4 Å². The Labute approximate surface area is 114 Å². The van der Waals surface area contributed by atoms with E-state index in [1.165, 1.54) is 22.3 Å². The molecule has 0 saturated heterocycles. The predicted octanol–water partition coefficient (Wildman–Crippen LogP) is 4.61. The van der Waals surface area contributed by atoms with Crippen LogP contribution in [0.4, 0.5) is 0 Å². The molecule has 0 saturated carbocycles. The van der Waals surface area contributed by atoms with Gasteiger partial charge in [-0.15, -0.1) is 0 Å². The monoisotopic (exact) mass is 252 g/mol. The lowest BCUT2D eigenvalue weighted by atomic mass is 9.89. The Morgan fingerprint density at radius 2 is 1.63 bits per heavy atom. The van der Waals surface area contributed by atoms with E-state index in [1.54, 1.807) is 6.92 Å². The largest absolute Gasteiger partial charge is 0.303 e. The number of nitrogens with one attached hydrogen (secondary N) is 2. The predicted molar refractivity (Wildman–Crippen MR) is 82.3 cm³/mol. The van der Waals surface area contributed by atoms with Gasteiger partial charge in [-0.25, -0.2) is 0 Å². The molecule has 98 valence electrons. The topological polar surface area (TPSA) is 47.7 Å². The van der Waals surface area contributed by atoms with Crippen molar-refractivity contribution in [3.63, 3.8) is 0 Å². The fourth-order valence-corrected chi connectivity index (χ4v) is 2.25. The van der Waals surface area contributed by atoms with Gasteiger partial charge in [0, 0.05) is 5.56 Å². The van der Waals surface area contributed by atoms with Gasteiger partial charge in [0.15, 0.2) is 0 Å². The zero-order valence-electron chi connectivity index (χ0n) is 11.8. The molecule has 0 atom stereocenters. The Kier molecular flexibility index (Phi) is 3.79. The number of hydrogen-bond acceptors (Lipinski definition) is 2. The maximum atomic E-state index is 7.81. The lowest BCUT2D eigenvalue weighted by Gasteiger charge is -2.17. The fraction of sp³-hybridized carbons (Fsp3) is 0.294. The Morgan fingerprint density at radius 3 is 2.16 bits per heavy atom. The number of benzene rings is 1. The van der Waals surface area contributed by atoms with E-state index in [1.807, 2.05) is 12.1 Å². The third-order valence-electron chi connectivity index (χ3n) is 3.76. The lowest BCUT2D eigenvalue weighted by molar-refractivity contribution is 1.04. The average Bonchev–Trinajstić information content (AvgIpc) is 2.41. The highest BCUT2D eigenvalue weighted by Crippen LogP contribution is 2.30. The van der Waals surface area contributed by atoms with Crippen molar-refractivity contribution in [1.29, 1.82) is 10.8 Å². The zero-order chi connectivity index (χ0) is 14.0. The molecule has 0 spiro atoms. The first-order chi connectivity index (χ1) is 8.99. The van der Waals surface area contributed by atoms with Gasteiger partial charge in [0.2, 0.25) is 0 Å². The molecule has 0 heterocycles. The summed E-state index contributed by atoms with van der Waals surface area (Å²) >= 11 is 0. The minimum Gasteiger partial charge on any atom is -0.303 e. The highest BCUT2D eigenvalue weighted by Gasteiger charge is 2.10. The van der Waals surface area contributed by atoms with Crippen LogP contribution in [0.15, 0.2) is 41.5 Å². The van der Waals surface area contributed by atoms with Crippen LogP contribution in [0.2, 0.25) is 0 Å². The van der Waals surface area contributed by atoms with Crippen molar-refractivity contribution in [3.8, 4) is 0 Å². The van der Waals surface area contributed by atoms with E-state index in [-0.39, 0.29) is 0 Å². The van der Waals surface area contributed by atoms with Gasteiger partial charge < -0.3 is 5.41 Å². The number of rotatable bonds is 3. The molecule has 0 radical (unpaired) electrons. The van der Waals surface area contributed by atoms with Gasteiger partial charge in [0.25, 0.3) is 0 Å². The van der Waals surface area contributed by atoms with Gasteiger partial charge in [-0.3, -0.25) is 5.41 Å². The second kappa shape index (κ2) is 5.35. The maximum absolute atomic E-state index is 7.81. The van der Waals surface area contributed by atoms with Crippen molar-refractivity contribution in [2.45, 2.75) is 33.6 Å². The molecule has 2 rings (SSSR count). The molecule has 1 aromatic carbocycles. The standard InChI is InChI=1S/C17H20N2/c1-11-4-5-16(10-12(11)2)14-6-8-15(9-7-14)17(19)13(3)18/h5-9,18-19H,4,10H2,1-3H3. The normalized spacial score (nSPS) is 15.2. The van der Waals surface area contributed by atoms with Gasteiger partial charge in [-0.1, -0.05) is 41.5 Å². The summed E-state index contributed by atoms with van der Waals surface area (Å²) in [5.41, 5.74) is 6.95. The summed E-state index contributed by atoms with van der Waals surface area (Å²) < 4.78 is 0. The quantitative estimate of drug-likeness (QED) is 0.583. The third-order valence-corrected chi connectivity index (χ3v) is 3.76. The van der Waals surface area contributed by atoms with Gasteiger partial charge in [0.1, 0.15) is 0 Å². The van der Waals surface area contributed by atoms with Crippen LogP contribution in [-0.2, 0) is 0 Å². The van der Waals surface area contributed by atoms with Crippen LogP contribution < -0.4 is 0 Å². The second-order valence-electron chi connectivity index (χ2n) is 5.25. The van der Waals surface area contributed by atoms with Crippen molar-refractivity contribution in [3.05, 3.63) is 52.6 Å². The summed E-state index contributed by atoms with van der Waals surface area (Å²) in [7, 11) is 0. The van der Waals surface area contributed by atoms with Crippen LogP contribution in [0.25, 0.3) is 5.57 Å². The van der Waals surface area contributed by atoms with Crippen molar-refractivity contribution >= 4 is 17.0 Å². The van der Waals surface area contributed by atoms with E-state index in [2.05, 4.69) is 32.1 Å². The Hall–Kier alpha value is -1.96. The fourth-order valence-electron chi connectivity index (χ4n) is 2.25. The molecular weight excluding hydrogens is 232 g/mol. The summed E-state index contributed by atoms with van der Waals surface area (Å²) in [4.78, 5) is 0. The molecule has 2 N–H and O–H groups in total. The molecule has 2 nitrogen and oxygen atoms in total. The van der Waals surface area contributed by atoms with Crippen molar-refractivity contribution in [2.75, 3.05) is 0 Å². The third kappa shape index (κ3) is 2.90. The van der Waals surface area contributed by atoms with Crippen LogP contribution >= 0.6 is 0 Å². The van der Waals surface area contributed by atoms with E-state index in [4.69, 9.17) is 10.8 Å². The van der Waals surface area contributed by atoms with Crippen LogP contribution in [0.5, 0.6) is 0 Å². The zero-order valence-corrected chi connectivity index (χ0v) is 11.8. The Balaban J connectivity index is 2.21. The van der Waals surface area contributed by atoms with Crippen LogP contribution in [0, 0.1) is 10.8 Å². The smallest absolute Gasteiger partial charge is 0.0816 e. The van der Waals surface area contributed by atoms with Gasteiger partial charge in [-0.05, 0) is 44.7 Å². The lowest BCUT2D eigenvalue weighted by Crippen LogP contribution is -2.08. The number of allylic oxidation sites excluding steroid dienone is 4. The molecule has 19 heavy (non-hydrogen) atoms. The van der Waals surface area contributed by atoms with E-state index >= 15 is 0 Å². The summed E-state index contributed by atoms with van der Waals surface area (Å²) in [6.45, 7) is 6.04. The highest BCUT2D eigenvalue weighted by atomic mass is 14.5. The van der Waals surface area contributed by atoms with Crippen molar-refractivity contribution < 1.29 is 0 Å². The minimum atomic E-state index is 0.302. The molecule has 1 aliphatic rings. The van der Waals surface area contributed by atoms with Crippen LogP contribution in [0.1, 0.15) is 44.7 Å². The number of hydrogen-bond donors (Lipinski definition) is 2. The van der Waals surface area contributed by atoms with E-state index in [0.717, 1.165) is 18.4 Å². The van der Waals surface area contributed by atoms with Gasteiger partial charge in [0.05, 0.1) is 11.4 Å².